The maximum atomic E-state index is 13.6. The molecule has 1 atom stereocenters. The summed E-state index contributed by atoms with van der Waals surface area (Å²) in [5, 5.41) is 3.37. The molecular formula is C15H22FN. The number of nitrogens with one attached hydrogen (secondary N) is 1. The number of rotatable bonds is 4. The Kier molecular flexibility index (Phi) is 3.82. The molecule has 1 unspecified atom stereocenters. The Morgan fingerprint density at radius 2 is 1.88 bits per heavy atom. The monoisotopic (exact) mass is 235 g/mol. The van der Waals surface area contributed by atoms with Gasteiger partial charge in [-0.2, -0.15) is 0 Å². The summed E-state index contributed by atoms with van der Waals surface area (Å²) in [6.45, 7) is 3.70. The minimum atomic E-state index is -0.0627. The highest BCUT2D eigenvalue weighted by molar-refractivity contribution is 5.32. The van der Waals surface area contributed by atoms with Gasteiger partial charge in [-0.25, -0.2) is 4.39 Å². The first-order valence-corrected chi connectivity index (χ1v) is 6.55. The fourth-order valence-electron chi connectivity index (χ4n) is 2.66. The van der Waals surface area contributed by atoms with E-state index in [-0.39, 0.29) is 5.82 Å². The standard InChI is InChI=1S/C15H22FN/c1-10-7-13(8-11(2)15(10)16)14(17-3)9-12-5-4-6-12/h7-8,12,14,17H,4-6,9H2,1-3H3. The van der Waals surface area contributed by atoms with Crippen molar-refractivity contribution in [3.63, 3.8) is 0 Å². The van der Waals surface area contributed by atoms with E-state index >= 15 is 0 Å². The van der Waals surface area contributed by atoms with Crippen molar-refractivity contribution in [3.8, 4) is 0 Å². The van der Waals surface area contributed by atoms with Crippen LogP contribution < -0.4 is 5.32 Å². The Hall–Kier alpha value is -0.890. The lowest BCUT2D eigenvalue weighted by molar-refractivity contribution is 0.265. The fraction of sp³-hybridized carbons (Fsp3) is 0.600. The molecule has 0 aliphatic heterocycles. The van der Waals surface area contributed by atoms with Crippen LogP contribution in [0.5, 0.6) is 0 Å². The van der Waals surface area contributed by atoms with E-state index in [1.165, 1.54) is 31.2 Å². The second kappa shape index (κ2) is 5.18. The summed E-state index contributed by atoms with van der Waals surface area (Å²) >= 11 is 0. The van der Waals surface area contributed by atoms with Gasteiger partial charge in [0.25, 0.3) is 0 Å². The molecule has 0 heterocycles. The molecule has 0 saturated heterocycles. The molecule has 1 aliphatic rings. The Morgan fingerprint density at radius 3 is 2.29 bits per heavy atom. The van der Waals surface area contributed by atoms with Gasteiger partial charge in [0.05, 0.1) is 0 Å². The highest BCUT2D eigenvalue weighted by Gasteiger charge is 2.22. The number of hydrogen-bond donors (Lipinski definition) is 1. The van der Waals surface area contributed by atoms with Crippen LogP contribution in [0.3, 0.4) is 0 Å². The first-order valence-electron chi connectivity index (χ1n) is 6.55. The van der Waals surface area contributed by atoms with E-state index in [2.05, 4.69) is 5.32 Å². The smallest absolute Gasteiger partial charge is 0.129 e. The summed E-state index contributed by atoms with van der Waals surface area (Å²) in [4.78, 5) is 0. The van der Waals surface area contributed by atoms with E-state index in [1.54, 1.807) is 0 Å². The van der Waals surface area contributed by atoms with E-state index in [1.807, 2.05) is 33.0 Å². The maximum absolute atomic E-state index is 13.6. The molecular weight excluding hydrogens is 213 g/mol. The van der Waals surface area contributed by atoms with Crippen LogP contribution in [0.4, 0.5) is 4.39 Å². The normalized spacial score (nSPS) is 17.9. The summed E-state index contributed by atoms with van der Waals surface area (Å²) in [7, 11) is 2.00. The molecule has 1 N–H and O–H groups in total. The zero-order valence-corrected chi connectivity index (χ0v) is 11.0. The summed E-state index contributed by atoms with van der Waals surface area (Å²) in [6, 6.07) is 4.35. The van der Waals surface area contributed by atoms with Crippen LogP contribution in [0.1, 0.15) is 48.4 Å². The maximum Gasteiger partial charge on any atom is 0.129 e. The van der Waals surface area contributed by atoms with Gasteiger partial charge < -0.3 is 5.32 Å². The van der Waals surface area contributed by atoms with Crippen LogP contribution in [0.15, 0.2) is 12.1 Å². The van der Waals surface area contributed by atoms with Crippen molar-refractivity contribution < 1.29 is 4.39 Å². The predicted molar refractivity (Wildman–Crippen MR) is 69.6 cm³/mol. The molecule has 1 saturated carbocycles. The largest absolute Gasteiger partial charge is 0.313 e. The van der Waals surface area contributed by atoms with Crippen LogP contribution in [-0.2, 0) is 0 Å². The minimum Gasteiger partial charge on any atom is -0.313 e. The first kappa shape index (κ1) is 12.6. The molecule has 0 bridgehead atoms. The average Bonchev–Trinajstić information content (AvgIpc) is 2.24. The van der Waals surface area contributed by atoms with Gasteiger partial charge in [0.2, 0.25) is 0 Å². The van der Waals surface area contributed by atoms with Crippen molar-refractivity contribution in [2.24, 2.45) is 5.92 Å². The molecule has 0 amide bonds. The van der Waals surface area contributed by atoms with Crippen molar-refractivity contribution >= 4 is 0 Å². The van der Waals surface area contributed by atoms with Crippen molar-refractivity contribution in [1.82, 2.24) is 5.32 Å². The van der Waals surface area contributed by atoms with Crippen molar-refractivity contribution in [3.05, 3.63) is 34.6 Å². The fourth-order valence-corrected chi connectivity index (χ4v) is 2.66. The molecule has 1 aliphatic carbocycles. The van der Waals surface area contributed by atoms with E-state index in [4.69, 9.17) is 0 Å². The zero-order chi connectivity index (χ0) is 12.4. The lowest BCUT2D eigenvalue weighted by Gasteiger charge is -2.30. The van der Waals surface area contributed by atoms with E-state index in [0.29, 0.717) is 6.04 Å². The molecule has 1 aromatic carbocycles. The van der Waals surface area contributed by atoms with Crippen LogP contribution in [0.25, 0.3) is 0 Å². The molecule has 94 valence electrons. The lowest BCUT2D eigenvalue weighted by Crippen LogP contribution is -2.23. The first-order chi connectivity index (χ1) is 8.11. The Morgan fingerprint density at radius 1 is 1.29 bits per heavy atom. The predicted octanol–water partition coefficient (Wildman–Crippen LogP) is 3.89. The SMILES string of the molecule is CNC(CC1CCC1)c1cc(C)c(F)c(C)c1. The molecule has 2 rings (SSSR count). The summed E-state index contributed by atoms with van der Waals surface area (Å²) in [5.74, 6) is 0.797. The van der Waals surface area contributed by atoms with Crippen LogP contribution >= 0.6 is 0 Å². The Bertz CT molecular complexity index is 373. The average molecular weight is 235 g/mol. The van der Waals surface area contributed by atoms with Crippen LogP contribution in [-0.4, -0.2) is 7.05 Å². The van der Waals surface area contributed by atoms with Crippen molar-refractivity contribution in [2.75, 3.05) is 7.05 Å². The minimum absolute atomic E-state index is 0.0627. The molecule has 1 nitrogen and oxygen atoms in total. The van der Waals surface area contributed by atoms with Gasteiger partial charge in [0.15, 0.2) is 0 Å². The van der Waals surface area contributed by atoms with Gasteiger partial charge in [-0.05, 0) is 49.9 Å². The molecule has 2 heteroatoms. The van der Waals surface area contributed by atoms with Crippen molar-refractivity contribution in [2.45, 2.75) is 45.6 Å². The number of hydrogen-bond acceptors (Lipinski definition) is 1. The van der Waals surface area contributed by atoms with Crippen LogP contribution in [0.2, 0.25) is 0 Å². The molecule has 1 fully saturated rings. The van der Waals surface area contributed by atoms with E-state index in [0.717, 1.165) is 17.0 Å². The molecule has 17 heavy (non-hydrogen) atoms. The highest BCUT2D eigenvalue weighted by Crippen LogP contribution is 2.35. The van der Waals surface area contributed by atoms with Gasteiger partial charge in [-0.15, -0.1) is 0 Å². The third-order valence-electron chi connectivity index (χ3n) is 4.00. The zero-order valence-electron chi connectivity index (χ0n) is 11.0. The summed E-state index contributed by atoms with van der Waals surface area (Å²) < 4.78 is 13.6. The van der Waals surface area contributed by atoms with Gasteiger partial charge in [-0.1, -0.05) is 31.4 Å². The second-order valence-electron chi connectivity index (χ2n) is 5.34. The summed E-state index contributed by atoms with van der Waals surface area (Å²) in [5.41, 5.74) is 2.75. The number of aryl methyl sites for hydroxylation is 2. The lowest BCUT2D eigenvalue weighted by atomic mass is 9.79. The topological polar surface area (TPSA) is 12.0 Å². The van der Waals surface area contributed by atoms with E-state index < -0.39 is 0 Å². The van der Waals surface area contributed by atoms with Crippen LogP contribution in [0, 0.1) is 25.6 Å². The molecule has 0 aromatic heterocycles. The summed E-state index contributed by atoms with van der Waals surface area (Å²) in [6.07, 6.45) is 5.28. The Labute approximate surface area is 103 Å². The van der Waals surface area contributed by atoms with Crippen molar-refractivity contribution in [1.29, 1.82) is 0 Å². The molecule has 0 radical (unpaired) electrons. The molecule has 1 aromatic rings. The Balaban J connectivity index is 2.17. The number of benzene rings is 1. The second-order valence-corrected chi connectivity index (χ2v) is 5.34. The van der Waals surface area contributed by atoms with Gasteiger partial charge in [-0.3, -0.25) is 0 Å². The van der Waals surface area contributed by atoms with Gasteiger partial charge in [0, 0.05) is 6.04 Å². The van der Waals surface area contributed by atoms with Gasteiger partial charge in [0.1, 0.15) is 5.82 Å². The third kappa shape index (κ3) is 2.68. The number of halogens is 1. The quantitative estimate of drug-likeness (QED) is 0.834. The van der Waals surface area contributed by atoms with E-state index in [9.17, 15) is 4.39 Å². The third-order valence-corrected chi connectivity index (χ3v) is 4.00. The van der Waals surface area contributed by atoms with Gasteiger partial charge >= 0.3 is 0 Å². The highest BCUT2D eigenvalue weighted by atomic mass is 19.1. The molecule has 0 spiro atoms.